The van der Waals surface area contributed by atoms with Crippen LogP contribution in [0.3, 0.4) is 0 Å². The lowest BCUT2D eigenvalue weighted by molar-refractivity contribution is -0.146. The number of para-hydroxylation sites is 2. The molecule has 0 fully saturated rings. The molecular weight excluding hydrogens is 367 g/mol. The van der Waals surface area contributed by atoms with Crippen LogP contribution < -0.4 is 15.0 Å². The van der Waals surface area contributed by atoms with E-state index in [1.165, 1.54) is 17.0 Å². The van der Waals surface area contributed by atoms with Gasteiger partial charge in [-0.15, -0.1) is 0 Å². The molecular formula is C20H19FN2O5. The van der Waals surface area contributed by atoms with Gasteiger partial charge in [-0.3, -0.25) is 19.3 Å². The molecule has 0 aromatic heterocycles. The van der Waals surface area contributed by atoms with Crippen molar-refractivity contribution >= 4 is 29.2 Å². The number of carbonyl (C=O) groups is 3. The summed E-state index contributed by atoms with van der Waals surface area (Å²) in [7, 11) is 0. The second-order valence-electron chi connectivity index (χ2n) is 6.22. The number of amides is 2. The maximum atomic E-state index is 13.5. The van der Waals surface area contributed by atoms with Gasteiger partial charge in [0, 0.05) is 5.69 Å². The zero-order chi connectivity index (χ0) is 20.1. The molecule has 1 N–H and O–H groups in total. The molecule has 0 spiro atoms. The largest absolute Gasteiger partial charge is 0.491 e. The topological polar surface area (TPSA) is 84.9 Å². The van der Waals surface area contributed by atoms with Crippen molar-refractivity contribution < 1.29 is 28.2 Å². The number of esters is 1. The van der Waals surface area contributed by atoms with Gasteiger partial charge in [-0.1, -0.05) is 18.2 Å². The highest BCUT2D eigenvalue weighted by molar-refractivity contribution is 6.00. The highest BCUT2D eigenvalue weighted by Crippen LogP contribution is 2.30. The molecule has 3 rings (SSSR count). The van der Waals surface area contributed by atoms with Gasteiger partial charge in [0.2, 0.25) is 5.91 Å². The third-order valence-electron chi connectivity index (χ3n) is 4.14. The summed E-state index contributed by atoms with van der Waals surface area (Å²) in [5.41, 5.74) is 1.19. The minimum absolute atomic E-state index is 0.126. The molecule has 0 saturated heterocycles. The number of hydrogen-bond donors (Lipinski definition) is 1. The summed E-state index contributed by atoms with van der Waals surface area (Å²) in [6.45, 7) is 0.938. The van der Waals surface area contributed by atoms with Crippen molar-refractivity contribution in [2.75, 3.05) is 30.0 Å². The van der Waals surface area contributed by atoms with Crippen LogP contribution in [0.5, 0.6) is 5.75 Å². The minimum Gasteiger partial charge on any atom is -0.491 e. The number of nitrogens with zero attached hydrogens (tertiary/aromatic N) is 1. The number of hydrogen-bond acceptors (Lipinski definition) is 5. The van der Waals surface area contributed by atoms with Crippen LogP contribution in [-0.2, 0) is 19.1 Å². The third-order valence-corrected chi connectivity index (χ3v) is 4.14. The van der Waals surface area contributed by atoms with Crippen molar-refractivity contribution in [1.82, 2.24) is 0 Å². The van der Waals surface area contributed by atoms with Crippen molar-refractivity contribution in [1.29, 1.82) is 0 Å². The average Bonchev–Trinajstić information content (AvgIpc) is 2.82. The van der Waals surface area contributed by atoms with E-state index in [0.29, 0.717) is 17.0 Å². The number of anilines is 2. The fourth-order valence-electron chi connectivity index (χ4n) is 2.68. The molecule has 0 atom stereocenters. The molecule has 2 aromatic carbocycles. The Morgan fingerprint density at radius 1 is 1.25 bits per heavy atom. The quantitative estimate of drug-likeness (QED) is 0.798. The molecule has 0 bridgehead atoms. The summed E-state index contributed by atoms with van der Waals surface area (Å²) < 4.78 is 24.0. The Morgan fingerprint density at radius 3 is 2.82 bits per heavy atom. The number of rotatable bonds is 5. The number of aryl methyl sites for hydroxylation is 1. The fourth-order valence-corrected chi connectivity index (χ4v) is 2.68. The van der Waals surface area contributed by atoms with Crippen molar-refractivity contribution in [2.24, 2.45) is 0 Å². The van der Waals surface area contributed by atoms with E-state index in [4.69, 9.17) is 9.47 Å². The highest BCUT2D eigenvalue weighted by Gasteiger charge is 2.25. The van der Waals surface area contributed by atoms with Gasteiger partial charge in [-0.2, -0.15) is 0 Å². The van der Waals surface area contributed by atoms with E-state index in [1.54, 1.807) is 37.3 Å². The van der Waals surface area contributed by atoms with Gasteiger partial charge < -0.3 is 14.8 Å². The van der Waals surface area contributed by atoms with Crippen LogP contribution in [0.4, 0.5) is 15.8 Å². The maximum Gasteiger partial charge on any atom is 0.326 e. The number of fused-ring (bicyclic) bond motifs is 1. The Hall–Kier alpha value is -3.42. The van der Waals surface area contributed by atoms with Crippen molar-refractivity contribution in [3.63, 3.8) is 0 Å². The lowest BCUT2D eigenvalue weighted by Crippen LogP contribution is -2.37. The Morgan fingerprint density at radius 2 is 2.04 bits per heavy atom. The summed E-state index contributed by atoms with van der Waals surface area (Å²) in [6, 6.07) is 11.1. The standard InChI is InChI=1S/C20H19FN2O5/c1-13-6-7-14(10-15(13)21)22-18(24)12-28-20(26)11-23-16-4-2-3-5-17(16)27-9-8-19(23)25/h2-7,10H,8-9,11-12H2,1H3,(H,22,24). The van der Waals surface area contributed by atoms with Gasteiger partial charge in [-0.25, -0.2) is 4.39 Å². The first-order valence-electron chi connectivity index (χ1n) is 8.68. The van der Waals surface area contributed by atoms with Gasteiger partial charge in [-0.05, 0) is 36.8 Å². The number of nitrogens with one attached hydrogen (secondary N) is 1. The van der Waals surface area contributed by atoms with Gasteiger partial charge in [0.15, 0.2) is 6.61 Å². The number of carbonyl (C=O) groups excluding carboxylic acids is 3. The molecule has 2 aromatic rings. The Bertz CT molecular complexity index is 915. The fraction of sp³-hybridized carbons (Fsp3) is 0.250. The van der Waals surface area contributed by atoms with Gasteiger partial charge >= 0.3 is 5.97 Å². The summed E-state index contributed by atoms with van der Waals surface area (Å²) in [5, 5.41) is 2.45. The predicted octanol–water partition coefficient (Wildman–Crippen LogP) is 2.43. The average molecular weight is 386 g/mol. The second kappa shape index (κ2) is 8.51. The molecule has 0 radical (unpaired) electrons. The van der Waals surface area contributed by atoms with Crippen molar-refractivity contribution in [3.8, 4) is 5.75 Å². The number of benzene rings is 2. The van der Waals surface area contributed by atoms with E-state index in [-0.39, 0.29) is 31.2 Å². The second-order valence-corrected chi connectivity index (χ2v) is 6.22. The molecule has 146 valence electrons. The Balaban J connectivity index is 1.57. The lowest BCUT2D eigenvalue weighted by atomic mass is 10.2. The molecule has 1 aliphatic heterocycles. The SMILES string of the molecule is Cc1ccc(NC(=O)COC(=O)CN2C(=O)CCOc3ccccc32)cc1F. The van der Waals surface area contributed by atoms with Crippen LogP contribution in [0.25, 0.3) is 0 Å². The summed E-state index contributed by atoms with van der Waals surface area (Å²) in [5.74, 6) is -1.57. The highest BCUT2D eigenvalue weighted by atomic mass is 19.1. The summed E-state index contributed by atoms with van der Waals surface area (Å²) >= 11 is 0. The monoisotopic (exact) mass is 386 g/mol. The van der Waals surface area contributed by atoms with Crippen LogP contribution in [0.15, 0.2) is 42.5 Å². The Labute approximate surface area is 161 Å². The molecule has 0 unspecified atom stereocenters. The van der Waals surface area contributed by atoms with Crippen LogP contribution in [-0.4, -0.2) is 37.5 Å². The van der Waals surface area contributed by atoms with Crippen molar-refractivity contribution in [3.05, 3.63) is 53.8 Å². The molecule has 0 saturated carbocycles. The molecule has 0 aliphatic carbocycles. The van der Waals surface area contributed by atoms with E-state index >= 15 is 0 Å². The van der Waals surface area contributed by atoms with E-state index in [1.807, 2.05) is 0 Å². The van der Waals surface area contributed by atoms with E-state index < -0.39 is 24.3 Å². The first-order chi connectivity index (χ1) is 13.4. The molecule has 28 heavy (non-hydrogen) atoms. The maximum absolute atomic E-state index is 13.5. The molecule has 1 heterocycles. The van der Waals surface area contributed by atoms with Crippen molar-refractivity contribution in [2.45, 2.75) is 13.3 Å². The Kier molecular flexibility index (Phi) is 5.88. The predicted molar refractivity (Wildman–Crippen MR) is 99.6 cm³/mol. The zero-order valence-corrected chi connectivity index (χ0v) is 15.2. The molecule has 7 nitrogen and oxygen atoms in total. The minimum atomic E-state index is -0.740. The lowest BCUT2D eigenvalue weighted by Gasteiger charge is -2.20. The first kappa shape index (κ1) is 19.3. The van der Waals surface area contributed by atoms with Crippen LogP contribution in [0.2, 0.25) is 0 Å². The summed E-state index contributed by atoms with van der Waals surface area (Å²) in [6.07, 6.45) is 0.126. The van der Waals surface area contributed by atoms with E-state index in [0.717, 1.165) is 0 Å². The van der Waals surface area contributed by atoms with Gasteiger partial charge in [0.1, 0.15) is 18.1 Å². The molecule has 1 aliphatic rings. The van der Waals surface area contributed by atoms with Gasteiger partial charge in [0.25, 0.3) is 5.91 Å². The first-order valence-corrected chi connectivity index (χ1v) is 8.68. The molecule has 8 heteroatoms. The zero-order valence-electron chi connectivity index (χ0n) is 15.2. The summed E-state index contributed by atoms with van der Waals surface area (Å²) in [4.78, 5) is 37.6. The number of halogens is 1. The number of ether oxygens (including phenoxy) is 2. The van der Waals surface area contributed by atoms with E-state index in [2.05, 4.69) is 5.32 Å². The third kappa shape index (κ3) is 4.64. The molecule has 2 amide bonds. The normalized spacial score (nSPS) is 13.2. The smallest absolute Gasteiger partial charge is 0.326 e. The van der Waals surface area contributed by atoms with Gasteiger partial charge in [0.05, 0.1) is 18.7 Å². The van der Waals surface area contributed by atoms with E-state index in [9.17, 15) is 18.8 Å². The van der Waals surface area contributed by atoms with Crippen LogP contribution in [0.1, 0.15) is 12.0 Å². The van der Waals surface area contributed by atoms with Crippen LogP contribution in [0, 0.1) is 12.7 Å². The van der Waals surface area contributed by atoms with Crippen LogP contribution >= 0.6 is 0 Å².